The summed E-state index contributed by atoms with van der Waals surface area (Å²) < 4.78 is 4.98. The minimum Gasteiger partial charge on any atom is -0.461 e. The number of rotatable bonds is 5. The highest BCUT2D eigenvalue weighted by atomic mass is 32.1. The summed E-state index contributed by atoms with van der Waals surface area (Å²) in [5.41, 5.74) is 0.349. The summed E-state index contributed by atoms with van der Waals surface area (Å²) in [7, 11) is 0. The van der Waals surface area contributed by atoms with Gasteiger partial charge in [-0.25, -0.2) is 9.78 Å². The number of ether oxygens (including phenoxy) is 1. The van der Waals surface area contributed by atoms with E-state index in [1.54, 1.807) is 5.38 Å². The molecular weight excluding hydrogens is 228 g/mol. The third-order valence-corrected chi connectivity index (χ3v) is 2.53. The van der Waals surface area contributed by atoms with Crippen LogP contribution < -0.4 is 5.32 Å². The smallest absolute Gasteiger partial charge is 0.357 e. The van der Waals surface area contributed by atoms with Crippen LogP contribution in [0.15, 0.2) is 5.38 Å². The third-order valence-electron chi connectivity index (χ3n) is 1.76. The standard InChI is InChI=1S/C10H14N2O3S/c1-7(13)11-4-3-5-15-10(14)9-6-16-8(2)12-9/h6H,3-5H2,1-2H3,(H,11,13). The molecule has 0 bridgehead atoms. The summed E-state index contributed by atoms with van der Waals surface area (Å²) in [6.07, 6.45) is 0.606. The highest BCUT2D eigenvalue weighted by molar-refractivity contribution is 7.09. The highest BCUT2D eigenvalue weighted by Gasteiger charge is 2.09. The molecule has 0 aromatic carbocycles. The van der Waals surface area contributed by atoms with E-state index in [2.05, 4.69) is 10.3 Å². The van der Waals surface area contributed by atoms with Gasteiger partial charge in [-0.2, -0.15) is 0 Å². The minimum absolute atomic E-state index is 0.0820. The van der Waals surface area contributed by atoms with Gasteiger partial charge in [-0.1, -0.05) is 0 Å². The van der Waals surface area contributed by atoms with Gasteiger partial charge in [-0.05, 0) is 13.3 Å². The van der Waals surface area contributed by atoms with Crippen molar-refractivity contribution in [3.63, 3.8) is 0 Å². The van der Waals surface area contributed by atoms with Crippen LogP contribution in [0.2, 0.25) is 0 Å². The second-order valence-corrected chi connectivity index (χ2v) is 4.29. The van der Waals surface area contributed by atoms with Crippen LogP contribution in [-0.4, -0.2) is 30.0 Å². The number of carbonyl (C=O) groups excluding carboxylic acids is 2. The topological polar surface area (TPSA) is 68.3 Å². The Kier molecular flexibility index (Phi) is 4.91. The lowest BCUT2D eigenvalue weighted by atomic mass is 10.4. The largest absolute Gasteiger partial charge is 0.461 e. The van der Waals surface area contributed by atoms with Crippen molar-refractivity contribution in [1.82, 2.24) is 10.3 Å². The van der Waals surface area contributed by atoms with E-state index >= 15 is 0 Å². The molecule has 0 aliphatic carbocycles. The van der Waals surface area contributed by atoms with Crippen molar-refractivity contribution in [2.45, 2.75) is 20.3 Å². The molecule has 1 aromatic heterocycles. The zero-order chi connectivity index (χ0) is 12.0. The number of aryl methyl sites for hydroxylation is 1. The Bertz CT molecular complexity index is 376. The number of nitrogens with zero attached hydrogens (tertiary/aromatic N) is 1. The lowest BCUT2D eigenvalue weighted by molar-refractivity contribution is -0.118. The molecule has 0 saturated heterocycles. The maximum atomic E-state index is 11.4. The first-order chi connectivity index (χ1) is 7.59. The van der Waals surface area contributed by atoms with Gasteiger partial charge in [0.25, 0.3) is 0 Å². The molecule has 5 nitrogen and oxygen atoms in total. The number of aromatic nitrogens is 1. The van der Waals surface area contributed by atoms with Crippen molar-refractivity contribution < 1.29 is 14.3 Å². The van der Waals surface area contributed by atoms with Crippen LogP contribution in [0.5, 0.6) is 0 Å². The van der Waals surface area contributed by atoms with Crippen molar-refractivity contribution in [2.75, 3.05) is 13.2 Å². The molecule has 1 rings (SSSR count). The SMILES string of the molecule is CC(=O)NCCCOC(=O)c1csc(C)n1. The Morgan fingerprint density at radius 2 is 2.31 bits per heavy atom. The van der Waals surface area contributed by atoms with Gasteiger partial charge in [0.2, 0.25) is 5.91 Å². The monoisotopic (exact) mass is 242 g/mol. The van der Waals surface area contributed by atoms with E-state index in [-0.39, 0.29) is 12.5 Å². The second kappa shape index (κ2) is 6.22. The number of esters is 1. The lowest BCUT2D eigenvalue weighted by Crippen LogP contribution is -2.22. The first kappa shape index (κ1) is 12.6. The number of amides is 1. The molecule has 0 spiro atoms. The van der Waals surface area contributed by atoms with Crippen molar-refractivity contribution >= 4 is 23.2 Å². The first-order valence-corrected chi connectivity index (χ1v) is 5.81. The van der Waals surface area contributed by atoms with E-state index in [1.165, 1.54) is 18.3 Å². The summed E-state index contributed by atoms with van der Waals surface area (Å²) in [6.45, 7) is 4.08. The first-order valence-electron chi connectivity index (χ1n) is 4.93. The Labute approximate surface area is 97.8 Å². The minimum atomic E-state index is -0.410. The molecule has 0 aliphatic heterocycles. The fraction of sp³-hybridized carbons (Fsp3) is 0.500. The predicted molar refractivity (Wildman–Crippen MR) is 60.4 cm³/mol. The number of carbonyl (C=O) groups is 2. The Hall–Kier alpha value is -1.43. The number of hydrogen-bond donors (Lipinski definition) is 1. The third kappa shape index (κ3) is 4.39. The van der Waals surface area contributed by atoms with E-state index in [4.69, 9.17) is 4.74 Å². The molecule has 1 aromatic rings. The number of nitrogens with one attached hydrogen (secondary N) is 1. The van der Waals surface area contributed by atoms with Gasteiger partial charge in [-0.15, -0.1) is 11.3 Å². The van der Waals surface area contributed by atoms with Gasteiger partial charge < -0.3 is 10.1 Å². The van der Waals surface area contributed by atoms with E-state index in [0.29, 0.717) is 18.7 Å². The molecule has 0 fully saturated rings. The zero-order valence-corrected chi connectivity index (χ0v) is 10.1. The van der Waals surface area contributed by atoms with Crippen molar-refractivity contribution in [3.05, 3.63) is 16.1 Å². The molecule has 0 atom stereocenters. The normalized spacial score (nSPS) is 9.88. The molecule has 16 heavy (non-hydrogen) atoms. The van der Waals surface area contributed by atoms with E-state index in [0.717, 1.165) is 5.01 Å². The maximum absolute atomic E-state index is 11.4. The van der Waals surface area contributed by atoms with Gasteiger partial charge in [0.1, 0.15) is 0 Å². The average molecular weight is 242 g/mol. The summed E-state index contributed by atoms with van der Waals surface area (Å²) in [5.74, 6) is -0.492. The molecule has 88 valence electrons. The molecule has 6 heteroatoms. The van der Waals surface area contributed by atoms with Gasteiger partial charge in [0.05, 0.1) is 11.6 Å². The molecule has 0 radical (unpaired) electrons. The van der Waals surface area contributed by atoms with Gasteiger partial charge in [0, 0.05) is 18.8 Å². The van der Waals surface area contributed by atoms with Crippen LogP contribution in [-0.2, 0) is 9.53 Å². The summed E-state index contributed by atoms with van der Waals surface area (Å²) in [4.78, 5) is 25.9. The molecule has 1 amide bonds. The van der Waals surface area contributed by atoms with Crippen LogP contribution in [0.3, 0.4) is 0 Å². The Balaban J connectivity index is 2.18. The molecular formula is C10H14N2O3S. The Morgan fingerprint density at radius 3 is 2.88 bits per heavy atom. The molecule has 0 saturated carbocycles. The number of thiazole rings is 1. The molecule has 1 N–H and O–H groups in total. The Morgan fingerprint density at radius 1 is 1.56 bits per heavy atom. The van der Waals surface area contributed by atoms with E-state index in [9.17, 15) is 9.59 Å². The molecule has 0 aliphatic rings. The zero-order valence-electron chi connectivity index (χ0n) is 9.28. The van der Waals surface area contributed by atoms with E-state index < -0.39 is 5.97 Å². The highest BCUT2D eigenvalue weighted by Crippen LogP contribution is 2.08. The summed E-state index contributed by atoms with van der Waals surface area (Å²) in [5, 5.41) is 5.13. The van der Waals surface area contributed by atoms with Crippen LogP contribution in [0.25, 0.3) is 0 Å². The second-order valence-electron chi connectivity index (χ2n) is 3.22. The van der Waals surface area contributed by atoms with Crippen LogP contribution >= 0.6 is 11.3 Å². The van der Waals surface area contributed by atoms with Crippen molar-refractivity contribution in [3.8, 4) is 0 Å². The molecule has 1 heterocycles. The predicted octanol–water partition coefficient (Wildman–Crippen LogP) is 1.13. The van der Waals surface area contributed by atoms with Crippen LogP contribution in [0.4, 0.5) is 0 Å². The van der Waals surface area contributed by atoms with Gasteiger partial charge in [-0.3, -0.25) is 4.79 Å². The molecule has 0 unspecified atom stereocenters. The van der Waals surface area contributed by atoms with E-state index in [1.807, 2.05) is 6.92 Å². The quantitative estimate of drug-likeness (QED) is 0.621. The fourth-order valence-corrected chi connectivity index (χ4v) is 1.61. The van der Waals surface area contributed by atoms with Crippen LogP contribution in [0, 0.1) is 6.92 Å². The van der Waals surface area contributed by atoms with Gasteiger partial charge >= 0.3 is 5.97 Å². The van der Waals surface area contributed by atoms with Gasteiger partial charge in [0.15, 0.2) is 5.69 Å². The van der Waals surface area contributed by atoms with Crippen molar-refractivity contribution in [2.24, 2.45) is 0 Å². The fourth-order valence-electron chi connectivity index (χ4n) is 1.03. The average Bonchev–Trinajstić information content (AvgIpc) is 2.63. The lowest BCUT2D eigenvalue weighted by Gasteiger charge is -2.03. The van der Waals surface area contributed by atoms with Crippen molar-refractivity contribution in [1.29, 1.82) is 0 Å². The maximum Gasteiger partial charge on any atom is 0.357 e. The number of hydrogen-bond acceptors (Lipinski definition) is 5. The summed E-state index contributed by atoms with van der Waals surface area (Å²) >= 11 is 1.41. The summed E-state index contributed by atoms with van der Waals surface area (Å²) in [6, 6.07) is 0. The van der Waals surface area contributed by atoms with Crippen LogP contribution in [0.1, 0.15) is 28.8 Å².